The van der Waals surface area contributed by atoms with Gasteiger partial charge in [0.25, 0.3) is 11.5 Å². The first-order valence-corrected chi connectivity index (χ1v) is 8.55. The molecule has 0 radical (unpaired) electrons. The van der Waals surface area contributed by atoms with Crippen molar-refractivity contribution < 1.29 is 9.63 Å². The molecule has 0 saturated heterocycles. The predicted octanol–water partition coefficient (Wildman–Crippen LogP) is 2.94. The summed E-state index contributed by atoms with van der Waals surface area (Å²) in [5.74, 6) is -0.304. The van der Waals surface area contributed by atoms with Crippen LogP contribution >= 0.6 is 12.2 Å². The van der Waals surface area contributed by atoms with Crippen LogP contribution in [0.15, 0.2) is 53.3 Å². The normalized spacial score (nSPS) is 10.8. The highest BCUT2D eigenvalue weighted by atomic mass is 32.1. The van der Waals surface area contributed by atoms with Crippen LogP contribution in [0.1, 0.15) is 15.9 Å². The van der Waals surface area contributed by atoms with Gasteiger partial charge in [-0.05, 0) is 42.4 Å². The Morgan fingerprint density at radius 2 is 1.96 bits per heavy atom. The number of hydroxylamine groups is 2. The lowest BCUT2D eigenvalue weighted by Gasteiger charge is -2.14. The van der Waals surface area contributed by atoms with Gasteiger partial charge in [0.05, 0.1) is 18.0 Å². The first kappa shape index (κ1) is 18.0. The van der Waals surface area contributed by atoms with E-state index >= 15 is 0 Å². The Morgan fingerprint density at radius 3 is 2.65 bits per heavy atom. The van der Waals surface area contributed by atoms with Gasteiger partial charge in [-0.15, -0.1) is 0 Å². The fourth-order valence-electron chi connectivity index (χ4n) is 2.74. The van der Waals surface area contributed by atoms with Crippen LogP contribution in [0.2, 0.25) is 0 Å². The number of amides is 1. The maximum absolute atomic E-state index is 12.8. The highest BCUT2D eigenvalue weighted by Crippen LogP contribution is 2.13. The number of fused-ring (bicyclic) bond motifs is 1. The van der Waals surface area contributed by atoms with Crippen molar-refractivity contribution in [1.82, 2.24) is 14.6 Å². The van der Waals surface area contributed by atoms with Crippen LogP contribution in [0.5, 0.6) is 0 Å². The lowest BCUT2D eigenvalue weighted by atomic mass is 10.1. The van der Waals surface area contributed by atoms with Crippen molar-refractivity contribution in [2.24, 2.45) is 0 Å². The zero-order valence-corrected chi connectivity index (χ0v) is 15.4. The van der Waals surface area contributed by atoms with E-state index in [2.05, 4.69) is 4.98 Å². The first-order chi connectivity index (χ1) is 12.5. The lowest BCUT2D eigenvalue weighted by Crippen LogP contribution is -2.26. The number of aryl methyl sites for hydroxylation is 1. The molecular weight excluding hydrogens is 350 g/mol. The second-order valence-corrected chi connectivity index (χ2v) is 6.25. The first-order valence-electron chi connectivity index (χ1n) is 8.14. The monoisotopic (exact) mass is 369 g/mol. The molecule has 0 atom stereocenters. The van der Waals surface area contributed by atoms with E-state index in [1.54, 1.807) is 22.8 Å². The van der Waals surface area contributed by atoms with Crippen molar-refractivity contribution in [3.05, 3.63) is 74.8 Å². The number of nitrogens with zero attached hydrogens (tertiary/aromatic N) is 2. The number of carbonyl (C=O) groups excluding carboxylic acids is 1. The smallest absolute Gasteiger partial charge is 0.277 e. The average molecular weight is 369 g/mol. The molecule has 1 heterocycles. The van der Waals surface area contributed by atoms with Gasteiger partial charge in [-0.2, -0.15) is 0 Å². The number of carbonyl (C=O) groups is 1. The highest BCUT2D eigenvalue weighted by Gasteiger charge is 2.13. The van der Waals surface area contributed by atoms with Gasteiger partial charge in [0.2, 0.25) is 0 Å². The fraction of sp³-hybridized carbons (Fsp3) is 0.211. The summed E-state index contributed by atoms with van der Waals surface area (Å²) in [6.07, 6.45) is 0.707. The Morgan fingerprint density at radius 1 is 1.23 bits per heavy atom. The Balaban J connectivity index is 1.96. The third-order valence-electron chi connectivity index (χ3n) is 4.26. The molecule has 134 valence electrons. The molecule has 0 bridgehead atoms. The van der Waals surface area contributed by atoms with Gasteiger partial charge < -0.3 is 4.98 Å². The Hall–Kier alpha value is -2.77. The quantitative estimate of drug-likeness (QED) is 0.555. The third kappa shape index (κ3) is 3.58. The second-order valence-electron chi connectivity index (χ2n) is 5.87. The van der Waals surface area contributed by atoms with Crippen LogP contribution in [0, 0.1) is 4.77 Å². The van der Waals surface area contributed by atoms with Crippen molar-refractivity contribution in [3.63, 3.8) is 0 Å². The molecule has 1 amide bonds. The summed E-state index contributed by atoms with van der Waals surface area (Å²) in [6.45, 7) is 0.487. The molecule has 26 heavy (non-hydrogen) atoms. The number of rotatable bonds is 5. The Labute approximate surface area is 155 Å². The van der Waals surface area contributed by atoms with Gasteiger partial charge >= 0.3 is 0 Å². The van der Waals surface area contributed by atoms with E-state index in [0.717, 1.165) is 10.6 Å². The maximum atomic E-state index is 12.8. The fourth-order valence-corrected chi connectivity index (χ4v) is 3.03. The molecule has 0 aliphatic rings. The van der Waals surface area contributed by atoms with Crippen LogP contribution in [0.4, 0.5) is 0 Å². The van der Waals surface area contributed by atoms with Crippen LogP contribution in [0.25, 0.3) is 10.9 Å². The zero-order chi connectivity index (χ0) is 18.7. The van der Waals surface area contributed by atoms with Gasteiger partial charge in [0, 0.05) is 19.2 Å². The summed E-state index contributed by atoms with van der Waals surface area (Å²) in [4.78, 5) is 33.0. The molecule has 3 aromatic rings. The molecule has 1 aromatic heterocycles. The summed E-state index contributed by atoms with van der Waals surface area (Å²) in [5.41, 5.74) is 1.91. The van der Waals surface area contributed by atoms with Crippen molar-refractivity contribution >= 4 is 29.0 Å². The van der Waals surface area contributed by atoms with E-state index in [9.17, 15) is 9.59 Å². The number of nitrogens with one attached hydrogen (secondary N) is 1. The van der Waals surface area contributed by atoms with E-state index in [0.29, 0.717) is 34.2 Å². The summed E-state index contributed by atoms with van der Waals surface area (Å²) in [5, 5.41) is 1.61. The molecule has 3 rings (SSSR count). The molecule has 0 unspecified atom stereocenters. The molecule has 6 nitrogen and oxygen atoms in total. The standard InChI is InChI=1S/C19H19N3O3S/c1-21(25-2)17(23)14-8-9-15-16(12-14)20-19(26)22(18(15)24)11-10-13-6-4-3-5-7-13/h3-9,12H,10-11H2,1-2H3,(H,20,26). The molecule has 0 spiro atoms. The Kier molecular flexibility index (Phi) is 5.29. The van der Waals surface area contributed by atoms with E-state index in [-0.39, 0.29) is 11.5 Å². The topological polar surface area (TPSA) is 67.3 Å². The zero-order valence-electron chi connectivity index (χ0n) is 14.6. The van der Waals surface area contributed by atoms with Gasteiger partial charge in [0.15, 0.2) is 4.77 Å². The summed E-state index contributed by atoms with van der Waals surface area (Å²) >= 11 is 5.35. The van der Waals surface area contributed by atoms with Crippen LogP contribution < -0.4 is 5.56 Å². The molecular formula is C19H19N3O3S. The highest BCUT2D eigenvalue weighted by molar-refractivity contribution is 7.71. The molecule has 7 heteroatoms. The summed E-state index contributed by atoms with van der Waals surface area (Å²) in [6, 6.07) is 14.8. The molecule has 1 N–H and O–H groups in total. The van der Waals surface area contributed by atoms with Crippen molar-refractivity contribution in [3.8, 4) is 0 Å². The van der Waals surface area contributed by atoms with Gasteiger partial charge in [0.1, 0.15) is 0 Å². The average Bonchev–Trinajstić information content (AvgIpc) is 2.67. The molecule has 2 aromatic carbocycles. The maximum Gasteiger partial charge on any atom is 0.277 e. The summed E-state index contributed by atoms with van der Waals surface area (Å²) in [7, 11) is 2.94. The SMILES string of the molecule is CON(C)C(=O)c1ccc2c(=O)n(CCc3ccccc3)c(=S)[nH]c2c1. The minimum atomic E-state index is -0.304. The molecule has 0 fully saturated rings. The number of hydrogen-bond acceptors (Lipinski definition) is 4. The van der Waals surface area contributed by atoms with E-state index < -0.39 is 0 Å². The second kappa shape index (κ2) is 7.63. The number of benzene rings is 2. The van der Waals surface area contributed by atoms with Crippen LogP contribution in [-0.4, -0.2) is 34.7 Å². The predicted molar refractivity (Wildman–Crippen MR) is 103 cm³/mol. The van der Waals surface area contributed by atoms with Crippen molar-refractivity contribution in [2.75, 3.05) is 14.2 Å². The molecule has 0 aliphatic carbocycles. The van der Waals surface area contributed by atoms with Crippen LogP contribution in [0.3, 0.4) is 0 Å². The third-order valence-corrected chi connectivity index (χ3v) is 4.58. The van der Waals surface area contributed by atoms with E-state index in [1.807, 2.05) is 30.3 Å². The van der Waals surface area contributed by atoms with Crippen molar-refractivity contribution in [1.29, 1.82) is 0 Å². The largest absolute Gasteiger partial charge is 0.332 e. The molecule has 0 aliphatic heterocycles. The minimum absolute atomic E-state index is 0.168. The number of H-pyrrole nitrogens is 1. The van der Waals surface area contributed by atoms with E-state index in [4.69, 9.17) is 17.1 Å². The Bertz CT molecular complexity index is 1060. The number of hydrogen-bond donors (Lipinski definition) is 1. The van der Waals surface area contributed by atoms with Crippen LogP contribution in [-0.2, 0) is 17.8 Å². The minimum Gasteiger partial charge on any atom is -0.332 e. The molecule has 0 saturated carbocycles. The van der Waals surface area contributed by atoms with Crippen molar-refractivity contribution in [2.45, 2.75) is 13.0 Å². The number of aromatic amines is 1. The summed E-state index contributed by atoms with van der Waals surface area (Å²) < 4.78 is 1.89. The van der Waals surface area contributed by atoms with Gasteiger partial charge in [-0.3, -0.25) is 19.0 Å². The lowest BCUT2D eigenvalue weighted by molar-refractivity contribution is -0.0756. The van der Waals surface area contributed by atoms with Gasteiger partial charge in [-0.1, -0.05) is 30.3 Å². The van der Waals surface area contributed by atoms with Gasteiger partial charge in [-0.25, -0.2) is 5.06 Å². The number of aromatic nitrogens is 2. The van der Waals surface area contributed by atoms with E-state index in [1.165, 1.54) is 14.2 Å².